The molecule has 0 aromatic heterocycles. The molecule has 0 amide bonds. The van der Waals surface area contributed by atoms with Crippen molar-refractivity contribution in [3.8, 4) is 6.07 Å². The fraction of sp³-hybridized carbons (Fsp3) is 0.300. The summed E-state index contributed by atoms with van der Waals surface area (Å²) < 4.78 is 12.5. The van der Waals surface area contributed by atoms with Gasteiger partial charge in [-0.3, -0.25) is 0 Å². The SMILES string of the molecule is CC(F)CNc1ccccc1C#N. The third kappa shape index (κ3) is 2.75. The third-order valence-corrected chi connectivity index (χ3v) is 1.62. The van der Waals surface area contributed by atoms with E-state index in [1.807, 2.05) is 12.1 Å². The number of nitrogens with zero attached hydrogens (tertiary/aromatic N) is 1. The van der Waals surface area contributed by atoms with Gasteiger partial charge in [0.05, 0.1) is 11.3 Å². The molecule has 0 saturated carbocycles. The van der Waals surface area contributed by atoms with Gasteiger partial charge in [-0.2, -0.15) is 5.26 Å². The summed E-state index contributed by atoms with van der Waals surface area (Å²) in [5, 5.41) is 11.6. The average Bonchev–Trinajstić information content (AvgIpc) is 2.15. The van der Waals surface area contributed by atoms with Gasteiger partial charge in [-0.25, -0.2) is 4.39 Å². The largest absolute Gasteiger partial charge is 0.381 e. The lowest BCUT2D eigenvalue weighted by atomic mass is 10.2. The highest BCUT2D eigenvalue weighted by atomic mass is 19.1. The molecule has 0 aliphatic heterocycles. The Morgan fingerprint density at radius 1 is 1.54 bits per heavy atom. The molecule has 0 fully saturated rings. The molecule has 1 aromatic rings. The van der Waals surface area contributed by atoms with Crippen molar-refractivity contribution in [2.45, 2.75) is 13.1 Å². The summed E-state index contributed by atoms with van der Waals surface area (Å²) in [5.41, 5.74) is 1.23. The van der Waals surface area contributed by atoms with Crippen LogP contribution in [0.15, 0.2) is 24.3 Å². The van der Waals surface area contributed by atoms with Crippen molar-refractivity contribution < 1.29 is 4.39 Å². The zero-order valence-corrected chi connectivity index (χ0v) is 7.42. The van der Waals surface area contributed by atoms with Crippen molar-refractivity contribution in [2.75, 3.05) is 11.9 Å². The fourth-order valence-electron chi connectivity index (χ4n) is 0.985. The lowest BCUT2D eigenvalue weighted by molar-refractivity contribution is 0.378. The number of hydrogen-bond acceptors (Lipinski definition) is 2. The first-order valence-corrected chi connectivity index (χ1v) is 4.11. The van der Waals surface area contributed by atoms with Gasteiger partial charge >= 0.3 is 0 Å². The normalized spacial score (nSPS) is 11.8. The van der Waals surface area contributed by atoms with Gasteiger partial charge in [-0.05, 0) is 19.1 Å². The van der Waals surface area contributed by atoms with Crippen LogP contribution < -0.4 is 5.32 Å². The standard InChI is InChI=1S/C10H11FN2/c1-8(11)7-13-10-5-3-2-4-9(10)6-12/h2-5,8,13H,7H2,1H3. The molecule has 1 unspecified atom stereocenters. The predicted molar refractivity (Wildman–Crippen MR) is 50.2 cm³/mol. The van der Waals surface area contributed by atoms with Crippen molar-refractivity contribution in [3.63, 3.8) is 0 Å². The zero-order chi connectivity index (χ0) is 9.68. The van der Waals surface area contributed by atoms with Crippen LogP contribution in [0.25, 0.3) is 0 Å². The topological polar surface area (TPSA) is 35.8 Å². The lowest BCUT2D eigenvalue weighted by Crippen LogP contribution is -2.11. The van der Waals surface area contributed by atoms with E-state index in [0.717, 1.165) is 0 Å². The van der Waals surface area contributed by atoms with Crippen LogP contribution >= 0.6 is 0 Å². The molecule has 0 saturated heterocycles. The van der Waals surface area contributed by atoms with Gasteiger partial charge in [-0.1, -0.05) is 12.1 Å². The minimum Gasteiger partial charge on any atom is -0.381 e. The molecule has 1 aromatic carbocycles. The van der Waals surface area contributed by atoms with E-state index in [0.29, 0.717) is 11.3 Å². The van der Waals surface area contributed by atoms with E-state index in [9.17, 15) is 4.39 Å². The average molecular weight is 178 g/mol. The Morgan fingerprint density at radius 3 is 2.85 bits per heavy atom. The molecule has 1 rings (SSSR count). The number of benzene rings is 1. The highest BCUT2D eigenvalue weighted by Gasteiger charge is 2.01. The number of nitrogens with one attached hydrogen (secondary N) is 1. The van der Waals surface area contributed by atoms with E-state index in [2.05, 4.69) is 5.32 Å². The number of halogens is 1. The first-order valence-electron chi connectivity index (χ1n) is 4.11. The number of rotatable bonds is 3. The molecule has 0 heterocycles. The van der Waals surface area contributed by atoms with Crippen LogP contribution in [0.1, 0.15) is 12.5 Å². The van der Waals surface area contributed by atoms with Crippen LogP contribution in [-0.2, 0) is 0 Å². The molecule has 0 bridgehead atoms. The second-order valence-electron chi connectivity index (χ2n) is 2.82. The molecule has 1 atom stereocenters. The van der Waals surface area contributed by atoms with E-state index in [1.165, 1.54) is 6.92 Å². The van der Waals surface area contributed by atoms with E-state index in [4.69, 9.17) is 5.26 Å². The van der Waals surface area contributed by atoms with E-state index in [1.54, 1.807) is 18.2 Å². The van der Waals surface area contributed by atoms with Crippen LogP contribution in [0.2, 0.25) is 0 Å². The maximum atomic E-state index is 12.5. The minimum absolute atomic E-state index is 0.235. The summed E-state index contributed by atoms with van der Waals surface area (Å²) in [4.78, 5) is 0. The summed E-state index contributed by atoms with van der Waals surface area (Å²) in [6, 6.07) is 9.09. The maximum absolute atomic E-state index is 12.5. The van der Waals surface area contributed by atoms with Crippen LogP contribution in [0.3, 0.4) is 0 Å². The monoisotopic (exact) mass is 178 g/mol. The van der Waals surface area contributed by atoms with Crippen molar-refractivity contribution in [1.29, 1.82) is 5.26 Å². The fourth-order valence-corrected chi connectivity index (χ4v) is 0.985. The number of anilines is 1. The molecule has 1 N–H and O–H groups in total. The Labute approximate surface area is 77.0 Å². The second kappa shape index (κ2) is 4.46. The predicted octanol–water partition coefficient (Wildman–Crippen LogP) is 2.33. The Hall–Kier alpha value is -1.56. The zero-order valence-electron chi connectivity index (χ0n) is 7.42. The van der Waals surface area contributed by atoms with Gasteiger partial charge < -0.3 is 5.32 Å². The Morgan fingerprint density at radius 2 is 2.23 bits per heavy atom. The molecular formula is C10H11FN2. The smallest absolute Gasteiger partial charge is 0.114 e. The van der Waals surface area contributed by atoms with Crippen LogP contribution in [0, 0.1) is 11.3 Å². The lowest BCUT2D eigenvalue weighted by Gasteiger charge is -2.07. The first-order chi connectivity index (χ1) is 6.24. The molecule has 13 heavy (non-hydrogen) atoms. The summed E-state index contributed by atoms with van der Waals surface area (Å²) in [6.07, 6.45) is -0.910. The Kier molecular flexibility index (Phi) is 3.27. The van der Waals surface area contributed by atoms with E-state index in [-0.39, 0.29) is 6.54 Å². The third-order valence-electron chi connectivity index (χ3n) is 1.62. The van der Waals surface area contributed by atoms with Gasteiger partial charge in [0.25, 0.3) is 0 Å². The van der Waals surface area contributed by atoms with Crippen molar-refractivity contribution in [3.05, 3.63) is 29.8 Å². The van der Waals surface area contributed by atoms with Crippen molar-refractivity contribution in [2.24, 2.45) is 0 Å². The second-order valence-corrected chi connectivity index (χ2v) is 2.82. The molecule has 0 radical (unpaired) electrons. The number of alkyl halides is 1. The molecule has 2 nitrogen and oxygen atoms in total. The van der Waals surface area contributed by atoms with Crippen LogP contribution in [-0.4, -0.2) is 12.7 Å². The highest BCUT2D eigenvalue weighted by molar-refractivity contribution is 5.57. The van der Waals surface area contributed by atoms with Gasteiger partial charge in [0.2, 0.25) is 0 Å². The van der Waals surface area contributed by atoms with Crippen molar-refractivity contribution in [1.82, 2.24) is 0 Å². The van der Waals surface area contributed by atoms with Crippen LogP contribution in [0.5, 0.6) is 0 Å². The van der Waals surface area contributed by atoms with Gasteiger partial charge in [0, 0.05) is 6.54 Å². The number of nitriles is 1. The number of hydrogen-bond donors (Lipinski definition) is 1. The van der Waals surface area contributed by atoms with E-state index >= 15 is 0 Å². The van der Waals surface area contributed by atoms with Gasteiger partial charge in [0.15, 0.2) is 0 Å². The maximum Gasteiger partial charge on any atom is 0.114 e. The molecule has 68 valence electrons. The van der Waals surface area contributed by atoms with Crippen molar-refractivity contribution >= 4 is 5.69 Å². The highest BCUT2D eigenvalue weighted by Crippen LogP contribution is 2.13. The molecule has 0 aliphatic carbocycles. The Bertz CT molecular complexity index is 315. The summed E-state index contributed by atoms with van der Waals surface area (Å²) in [7, 11) is 0. The summed E-state index contributed by atoms with van der Waals surface area (Å²) in [6.45, 7) is 1.71. The molecule has 0 spiro atoms. The minimum atomic E-state index is -0.910. The van der Waals surface area contributed by atoms with E-state index < -0.39 is 6.17 Å². The number of para-hydroxylation sites is 1. The Balaban J connectivity index is 2.71. The summed E-state index contributed by atoms with van der Waals surface area (Å²) in [5.74, 6) is 0. The van der Waals surface area contributed by atoms with Gasteiger partial charge in [-0.15, -0.1) is 0 Å². The molecule has 3 heteroatoms. The summed E-state index contributed by atoms with van der Waals surface area (Å²) >= 11 is 0. The molecular weight excluding hydrogens is 167 g/mol. The van der Waals surface area contributed by atoms with Crippen LogP contribution in [0.4, 0.5) is 10.1 Å². The molecule has 0 aliphatic rings. The quantitative estimate of drug-likeness (QED) is 0.771. The van der Waals surface area contributed by atoms with Gasteiger partial charge in [0.1, 0.15) is 12.2 Å². The first kappa shape index (κ1) is 9.53.